The van der Waals surface area contributed by atoms with E-state index < -0.39 is 55.7 Å². The maximum atomic E-state index is 13.4. The molecule has 1 atom stereocenters. The van der Waals surface area contributed by atoms with Gasteiger partial charge in [0.15, 0.2) is 0 Å². The van der Waals surface area contributed by atoms with Gasteiger partial charge in [0.2, 0.25) is 26.0 Å². The van der Waals surface area contributed by atoms with Crippen molar-refractivity contribution in [1.29, 1.82) is 0 Å². The number of carbonyl (C=O) groups is 2. The molecule has 32 heavy (non-hydrogen) atoms. The Hall–Kier alpha value is -2.67. The topological polar surface area (TPSA) is 135 Å². The summed E-state index contributed by atoms with van der Waals surface area (Å²) in [6, 6.07) is 7.62. The van der Waals surface area contributed by atoms with Crippen LogP contribution >= 0.6 is 0 Å². The fraction of sp³-hybridized carbons (Fsp3) is 0.300. The van der Waals surface area contributed by atoms with Crippen LogP contribution in [0.1, 0.15) is 27.2 Å². The van der Waals surface area contributed by atoms with E-state index >= 15 is 0 Å². The van der Waals surface area contributed by atoms with Crippen LogP contribution in [-0.4, -0.2) is 44.5 Å². The first kappa shape index (κ1) is 24.0. The Morgan fingerprint density at radius 3 is 1.91 bits per heavy atom. The number of hydrogen-bond donors (Lipinski definition) is 1. The molecule has 0 saturated carbocycles. The lowest BCUT2D eigenvalue weighted by Crippen LogP contribution is -2.54. The van der Waals surface area contributed by atoms with Crippen LogP contribution in [-0.2, 0) is 29.6 Å². The average molecular weight is 484 g/mol. The van der Waals surface area contributed by atoms with Crippen LogP contribution in [0.3, 0.4) is 0 Å². The van der Waals surface area contributed by atoms with Crippen LogP contribution < -0.4 is 10.0 Å². The van der Waals surface area contributed by atoms with Gasteiger partial charge in [-0.25, -0.2) is 31.3 Å². The third kappa shape index (κ3) is 4.44. The highest BCUT2D eigenvalue weighted by atomic mass is 32.2. The Kier molecular flexibility index (Phi) is 6.02. The number of sulfonamides is 2. The van der Waals surface area contributed by atoms with Crippen molar-refractivity contribution in [2.45, 2.75) is 48.6 Å². The number of benzene rings is 2. The predicted octanol–water partition coefficient (Wildman–Crippen LogP) is 1.59. The Labute approximate surface area is 185 Å². The summed E-state index contributed by atoms with van der Waals surface area (Å²) in [7, 11) is -8.25. The fourth-order valence-electron chi connectivity index (χ4n) is 3.57. The molecule has 2 amide bonds. The van der Waals surface area contributed by atoms with E-state index in [0.717, 1.165) is 45.6 Å². The standard InChI is InChI=1S/C20H22FN3O6S2/c1-20(2,3)24(32(29,30)16-8-4-13(21)5-9-16)17-12-18(25)23(19(17)26)14-6-10-15(11-7-14)31(22,27)28/h4-11,17H,12H2,1-3H3,(H2,22,27,28). The van der Waals surface area contributed by atoms with Crippen molar-refractivity contribution < 1.29 is 30.8 Å². The summed E-state index contributed by atoms with van der Waals surface area (Å²) in [5.41, 5.74) is -1.01. The first-order chi connectivity index (χ1) is 14.6. The molecule has 1 heterocycles. The molecular formula is C20H22FN3O6S2. The molecule has 0 radical (unpaired) electrons. The highest BCUT2D eigenvalue weighted by molar-refractivity contribution is 7.89. The number of halogens is 1. The minimum atomic E-state index is -4.28. The normalized spacial score (nSPS) is 17.9. The molecule has 1 aliphatic heterocycles. The molecule has 172 valence electrons. The molecule has 2 aromatic carbocycles. The molecule has 0 aromatic heterocycles. The van der Waals surface area contributed by atoms with Crippen molar-refractivity contribution in [1.82, 2.24) is 4.31 Å². The first-order valence-corrected chi connectivity index (χ1v) is 12.4. The number of carbonyl (C=O) groups excluding carboxylic acids is 2. The molecule has 3 rings (SSSR count). The predicted molar refractivity (Wildman–Crippen MR) is 114 cm³/mol. The molecule has 1 saturated heterocycles. The van der Waals surface area contributed by atoms with E-state index in [1.54, 1.807) is 20.8 Å². The van der Waals surface area contributed by atoms with Gasteiger partial charge in [-0.3, -0.25) is 9.59 Å². The van der Waals surface area contributed by atoms with Gasteiger partial charge in [0, 0.05) is 5.54 Å². The van der Waals surface area contributed by atoms with Crippen LogP contribution in [0, 0.1) is 5.82 Å². The Morgan fingerprint density at radius 1 is 0.938 bits per heavy atom. The van der Waals surface area contributed by atoms with Gasteiger partial charge in [0.25, 0.3) is 5.91 Å². The zero-order valence-electron chi connectivity index (χ0n) is 17.5. The quantitative estimate of drug-likeness (QED) is 0.642. The molecular weight excluding hydrogens is 461 g/mol. The summed E-state index contributed by atoms with van der Waals surface area (Å²) in [5.74, 6) is -2.04. The monoisotopic (exact) mass is 483 g/mol. The number of imide groups is 1. The fourth-order valence-corrected chi connectivity index (χ4v) is 6.01. The first-order valence-electron chi connectivity index (χ1n) is 9.44. The Morgan fingerprint density at radius 2 is 1.44 bits per heavy atom. The van der Waals surface area contributed by atoms with E-state index in [-0.39, 0.29) is 15.5 Å². The molecule has 12 heteroatoms. The number of nitrogens with two attached hydrogens (primary N) is 1. The lowest BCUT2D eigenvalue weighted by molar-refractivity contribution is -0.122. The number of rotatable bonds is 5. The average Bonchev–Trinajstić information content (AvgIpc) is 2.94. The van der Waals surface area contributed by atoms with Gasteiger partial charge in [-0.1, -0.05) is 0 Å². The van der Waals surface area contributed by atoms with Crippen LogP contribution in [0.5, 0.6) is 0 Å². The van der Waals surface area contributed by atoms with Crippen molar-refractivity contribution in [2.75, 3.05) is 4.90 Å². The molecule has 1 fully saturated rings. The minimum Gasteiger partial charge on any atom is -0.274 e. The van der Waals surface area contributed by atoms with E-state index in [1.807, 2.05) is 0 Å². The van der Waals surface area contributed by atoms with Crippen molar-refractivity contribution in [3.05, 3.63) is 54.3 Å². The van der Waals surface area contributed by atoms with Gasteiger partial charge in [-0.2, -0.15) is 4.31 Å². The molecule has 0 aliphatic carbocycles. The number of hydrogen-bond acceptors (Lipinski definition) is 6. The molecule has 2 aromatic rings. The van der Waals surface area contributed by atoms with E-state index in [0.29, 0.717) is 0 Å². The van der Waals surface area contributed by atoms with Crippen molar-refractivity contribution in [3.63, 3.8) is 0 Å². The lowest BCUT2D eigenvalue weighted by Gasteiger charge is -2.37. The van der Waals surface area contributed by atoms with Gasteiger partial charge in [0.05, 0.1) is 21.9 Å². The van der Waals surface area contributed by atoms with Gasteiger partial charge in [0.1, 0.15) is 11.9 Å². The van der Waals surface area contributed by atoms with Gasteiger partial charge >= 0.3 is 0 Å². The Balaban J connectivity index is 2.02. The van der Waals surface area contributed by atoms with E-state index in [9.17, 15) is 30.8 Å². The van der Waals surface area contributed by atoms with Gasteiger partial charge in [-0.05, 0) is 69.3 Å². The highest BCUT2D eigenvalue weighted by Gasteiger charge is 2.50. The van der Waals surface area contributed by atoms with E-state index in [4.69, 9.17) is 5.14 Å². The van der Waals surface area contributed by atoms with Gasteiger partial charge in [-0.15, -0.1) is 0 Å². The maximum Gasteiger partial charge on any atom is 0.252 e. The number of nitrogens with zero attached hydrogens (tertiary/aromatic N) is 2. The molecule has 2 N–H and O–H groups in total. The summed E-state index contributed by atoms with van der Waals surface area (Å²) in [5, 5.41) is 5.06. The molecule has 9 nitrogen and oxygen atoms in total. The summed E-state index contributed by atoms with van der Waals surface area (Å²) < 4.78 is 63.9. The summed E-state index contributed by atoms with van der Waals surface area (Å²) in [6.07, 6.45) is -0.409. The van der Waals surface area contributed by atoms with Crippen molar-refractivity contribution in [2.24, 2.45) is 5.14 Å². The maximum absolute atomic E-state index is 13.4. The highest BCUT2D eigenvalue weighted by Crippen LogP contribution is 2.34. The second-order valence-electron chi connectivity index (χ2n) is 8.25. The third-order valence-electron chi connectivity index (χ3n) is 4.86. The molecule has 0 spiro atoms. The third-order valence-corrected chi connectivity index (χ3v) is 7.98. The van der Waals surface area contributed by atoms with Crippen LogP contribution in [0.2, 0.25) is 0 Å². The minimum absolute atomic E-state index is 0.0861. The zero-order chi connectivity index (χ0) is 24.1. The zero-order valence-corrected chi connectivity index (χ0v) is 19.2. The smallest absolute Gasteiger partial charge is 0.252 e. The second-order valence-corrected chi connectivity index (χ2v) is 11.6. The number of anilines is 1. The molecule has 0 bridgehead atoms. The van der Waals surface area contributed by atoms with Crippen LogP contribution in [0.25, 0.3) is 0 Å². The SMILES string of the molecule is CC(C)(C)N(C1CC(=O)N(c2ccc(S(N)(=O)=O)cc2)C1=O)S(=O)(=O)c1ccc(F)cc1. The van der Waals surface area contributed by atoms with E-state index in [1.165, 1.54) is 12.1 Å². The lowest BCUT2D eigenvalue weighted by atomic mass is 10.1. The van der Waals surface area contributed by atoms with Gasteiger partial charge < -0.3 is 0 Å². The summed E-state index contributed by atoms with van der Waals surface area (Å²) >= 11 is 0. The van der Waals surface area contributed by atoms with Crippen molar-refractivity contribution >= 4 is 37.5 Å². The van der Waals surface area contributed by atoms with Crippen LogP contribution in [0.4, 0.5) is 10.1 Å². The second kappa shape index (κ2) is 8.03. The molecule has 1 unspecified atom stereocenters. The number of amides is 2. The van der Waals surface area contributed by atoms with Crippen molar-refractivity contribution in [3.8, 4) is 0 Å². The number of primary sulfonamides is 1. The summed E-state index contributed by atoms with van der Waals surface area (Å²) in [6.45, 7) is 4.74. The molecule has 1 aliphatic rings. The summed E-state index contributed by atoms with van der Waals surface area (Å²) in [4.78, 5) is 26.3. The largest absolute Gasteiger partial charge is 0.274 e. The van der Waals surface area contributed by atoms with E-state index in [2.05, 4.69) is 0 Å². The Bertz CT molecular complexity index is 1270. The van der Waals surface area contributed by atoms with Crippen LogP contribution in [0.15, 0.2) is 58.3 Å².